The van der Waals surface area contributed by atoms with E-state index < -0.39 is 0 Å². The monoisotopic (exact) mass is 137 g/mol. The van der Waals surface area contributed by atoms with Gasteiger partial charge >= 0.3 is 0 Å². The lowest BCUT2D eigenvalue weighted by Gasteiger charge is -2.23. The molecule has 1 radical (unpaired) electrons. The molecule has 0 aromatic heterocycles. The number of hydrogen-bond donors (Lipinski definition) is 0. The minimum Gasteiger partial charge on any atom is -0.0816 e. The van der Waals surface area contributed by atoms with Crippen LogP contribution in [0.1, 0.15) is 33.6 Å². The van der Waals surface area contributed by atoms with E-state index in [0.717, 1.165) is 11.8 Å². The molecule has 0 saturated heterocycles. The van der Waals surface area contributed by atoms with E-state index >= 15 is 0 Å². The van der Waals surface area contributed by atoms with Gasteiger partial charge in [-0.3, -0.25) is 0 Å². The van der Waals surface area contributed by atoms with E-state index in [1.54, 1.807) is 0 Å². The molecule has 0 heterocycles. The largest absolute Gasteiger partial charge is 0.0816 e. The average Bonchev–Trinajstić information content (AvgIpc) is 1.88. The molecule has 1 rings (SSSR count). The van der Waals surface area contributed by atoms with Crippen LogP contribution >= 0.6 is 0 Å². The zero-order valence-corrected chi connectivity index (χ0v) is 7.22. The highest BCUT2D eigenvalue weighted by Crippen LogP contribution is 2.27. The lowest BCUT2D eigenvalue weighted by atomic mass is 9.83. The first-order valence-corrected chi connectivity index (χ1v) is 4.21. The summed E-state index contributed by atoms with van der Waals surface area (Å²) < 4.78 is 0. The zero-order valence-electron chi connectivity index (χ0n) is 7.22. The number of allylic oxidation sites excluding steroid dienone is 2. The molecule has 1 unspecified atom stereocenters. The summed E-state index contributed by atoms with van der Waals surface area (Å²) in [5.74, 6) is 1.66. The van der Waals surface area contributed by atoms with Crippen molar-refractivity contribution in [1.29, 1.82) is 0 Å². The Bertz CT molecular complexity index is 131. The lowest BCUT2D eigenvalue weighted by molar-refractivity contribution is 0.407. The van der Waals surface area contributed by atoms with Gasteiger partial charge in [0.25, 0.3) is 0 Å². The third-order valence-corrected chi connectivity index (χ3v) is 2.36. The van der Waals surface area contributed by atoms with Crippen LogP contribution < -0.4 is 0 Å². The van der Waals surface area contributed by atoms with Crippen molar-refractivity contribution in [3.63, 3.8) is 0 Å². The molecule has 0 fully saturated rings. The maximum Gasteiger partial charge on any atom is -0.0134 e. The van der Waals surface area contributed by atoms with E-state index in [1.165, 1.54) is 18.4 Å². The molecule has 0 aromatic rings. The van der Waals surface area contributed by atoms with E-state index in [4.69, 9.17) is 0 Å². The number of rotatable bonds is 1. The van der Waals surface area contributed by atoms with Crippen LogP contribution in [0.5, 0.6) is 0 Å². The van der Waals surface area contributed by atoms with Crippen molar-refractivity contribution in [1.82, 2.24) is 0 Å². The van der Waals surface area contributed by atoms with Crippen LogP contribution in [0.2, 0.25) is 0 Å². The topological polar surface area (TPSA) is 0 Å². The van der Waals surface area contributed by atoms with Crippen LogP contribution in [-0.4, -0.2) is 0 Å². The molecule has 0 bridgehead atoms. The first-order valence-electron chi connectivity index (χ1n) is 4.21. The molecule has 0 aromatic carbocycles. The summed E-state index contributed by atoms with van der Waals surface area (Å²) in [5.41, 5.74) is 1.54. The fourth-order valence-corrected chi connectivity index (χ4v) is 1.42. The molecule has 0 nitrogen and oxygen atoms in total. The first-order chi connectivity index (χ1) is 4.70. The molecule has 0 amide bonds. The van der Waals surface area contributed by atoms with E-state index in [-0.39, 0.29) is 0 Å². The highest BCUT2D eigenvalue weighted by atomic mass is 14.2. The van der Waals surface area contributed by atoms with Crippen LogP contribution in [0.15, 0.2) is 11.6 Å². The van der Waals surface area contributed by atoms with Crippen LogP contribution in [-0.2, 0) is 0 Å². The summed E-state index contributed by atoms with van der Waals surface area (Å²) in [4.78, 5) is 0. The minimum atomic E-state index is 0.823. The summed E-state index contributed by atoms with van der Waals surface area (Å²) in [5, 5.41) is 0. The molecule has 57 valence electrons. The fraction of sp³-hybridized carbons (Fsp3) is 0.700. The molecule has 0 N–H and O–H groups in total. The van der Waals surface area contributed by atoms with Crippen molar-refractivity contribution in [3.8, 4) is 0 Å². The standard InChI is InChI=1S/C10H17/c1-8(2)10-6-4-9(3)5-7-10/h4,6,8,10H,5,7H2,1-3H3. The Balaban J connectivity index is 2.42. The van der Waals surface area contributed by atoms with Crippen molar-refractivity contribution < 1.29 is 0 Å². The summed E-state index contributed by atoms with van der Waals surface area (Å²) in [6.45, 7) is 6.82. The highest BCUT2D eigenvalue weighted by molar-refractivity contribution is 5.12. The predicted octanol–water partition coefficient (Wildman–Crippen LogP) is 3.20. The molecule has 0 spiro atoms. The molecular formula is C10H17. The minimum absolute atomic E-state index is 0.823. The first kappa shape index (κ1) is 7.84. The van der Waals surface area contributed by atoms with E-state index in [1.807, 2.05) is 0 Å². The van der Waals surface area contributed by atoms with Gasteiger partial charge in [-0.2, -0.15) is 0 Å². The van der Waals surface area contributed by atoms with Crippen molar-refractivity contribution in [2.45, 2.75) is 33.6 Å². The molecule has 1 aliphatic carbocycles. The van der Waals surface area contributed by atoms with Crippen molar-refractivity contribution in [2.75, 3.05) is 0 Å². The Morgan fingerprint density at radius 2 is 2.20 bits per heavy atom. The van der Waals surface area contributed by atoms with Gasteiger partial charge in [0.15, 0.2) is 0 Å². The maximum atomic E-state index is 2.36. The van der Waals surface area contributed by atoms with Crippen LogP contribution in [0.25, 0.3) is 0 Å². The Morgan fingerprint density at radius 3 is 2.60 bits per heavy atom. The predicted molar refractivity (Wildman–Crippen MR) is 45.6 cm³/mol. The van der Waals surface area contributed by atoms with E-state index in [0.29, 0.717) is 0 Å². The van der Waals surface area contributed by atoms with Crippen LogP contribution in [0.3, 0.4) is 0 Å². The summed E-state index contributed by atoms with van der Waals surface area (Å²) in [7, 11) is 0. The normalized spacial score (nSPS) is 26.8. The van der Waals surface area contributed by atoms with Crippen LogP contribution in [0.4, 0.5) is 0 Å². The van der Waals surface area contributed by atoms with Gasteiger partial charge in [0.1, 0.15) is 0 Å². The second-order valence-corrected chi connectivity index (χ2v) is 3.65. The molecular weight excluding hydrogens is 120 g/mol. The summed E-state index contributed by atoms with van der Waals surface area (Å²) in [6.07, 6.45) is 7.32. The van der Waals surface area contributed by atoms with Gasteiger partial charge in [0, 0.05) is 0 Å². The van der Waals surface area contributed by atoms with Crippen molar-refractivity contribution in [2.24, 2.45) is 11.8 Å². The third kappa shape index (κ3) is 1.86. The second-order valence-electron chi connectivity index (χ2n) is 3.65. The third-order valence-electron chi connectivity index (χ3n) is 2.36. The van der Waals surface area contributed by atoms with Gasteiger partial charge in [0.05, 0.1) is 0 Å². The lowest BCUT2D eigenvalue weighted by Crippen LogP contribution is -2.11. The molecule has 10 heavy (non-hydrogen) atoms. The van der Waals surface area contributed by atoms with Gasteiger partial charge in [0.2, 0.25) is 0 Å². The Kier molecular flexibility index (Phi) is 2.53. The van der Waals surface area contributed by atoms with Gasteiger partial charge in [-0.15, -0.1) is 0 Å². The number of hydrogen-bond acceptors (Lipinski definition) is 0. The maximum absolute atomic E-state index is 2.36. The Hall–Kier alpha value is -0.260. The molecule has 1 aliphatic rings. The van der Waals surface area contributed by atoms with Gasteiger partial charge < -0.3 is 0 Å². The van der Waals surface area contributed by atoms with Crippen molar-refractivity contribution >= 4 is 0 Å². The highest BCUT2D eigenvalue weighted by Gasteiger charge is 2.15. The average molecular weight is 137 g/mol. The van der Waals surface area contributed by atoms with E-state index in [9.17, 15) is 0 Å². The Morgan fingerprint density at radius 1 is 1.50 bits per heavy atom. The zero-order chi connectivity index (χ0) is 7.56. The molecule has 0 aliphatic heterocycles. The van der Waals surface area contributed by atoms with Crippen LogP contribution in [0, 0.1) is 18.3 Å². The fourth-order valence-electron chi connectivity index (χ4n) is 1.42. The summed E-state index contributed by atoms with van der Waals surface area (Å²) >= 11 is 0. The smallest absolute Gasteiger partial charge is 0.0134 e. The second kappa shape index (κ2) is 3.23. The molecule has 0 heteroatoms. The van der Waals surface area contributed by atoms with Gasteiger partial charge in [-0.05, 0) is 38.0 Å². The van der Waals surface area contributed by atoms with Gasteiger partial charge in [-0.25, -0.2) is 0 Å². The Labute approximate surface area is 64.3 Å². The van der Waals surface area contributed by atoms with Crippen molar-refractivity contribution in [3.05, 3.63) is 18.1 Å². The summed E-state index contributed by atoms with van der Waals surface area (Å²) in [6, 6.07) is 0. The van der Waals surface area contributed by atoms with Gasteiger partial charge in [-0.1, -0.05) is 25.5 Å². The molecule has 1 atom stereocenters. The molecule has 0 saturated carbocycles. The van der Waals surface area contributed by atoms with E-state index in [2.05, 4.69) is 33.3 Å². The SMILES string of the molecule is CC1=C[CH]C(C(C)C)CC1. The quantitative estimate of drug-likeness (QED) is 0.520.